The number of anilines is 1. The Morgan fingerprint density at radius 2 is 1.86 bits per heavy atom. The third-order valence-corrected chi connectivity index (χ3v) is 6.37. The van der Waals surface area contributed by atoms with Crippen molar-refractivity contribution in [3.05, 3.63) is 58.1 Å². The Bertz CT molecular complexity index is 1050. The van der Waals surface area contributed by atoms with E-state index < -0.39 is 15.9 Å². The molecular weight excluding hydrogens is 470 g/mol. The van der Waals surface area contributed by atoms with Gasteiger partial charge in [-0.1, -0.05) is 23.9 Å². The number of halogens is 1. The molecule has 1 aliphatic rings. The van der Waals surface area contributed by atoms with Gasteiger partial charge >= 0.3 is 0 Å². The fourth-order valence-corrected chi connectivity index (χ4v) is 4.16. The van der Waals surface area contributed by atoms with E-state index in [1.165, 1.54) is 23.1 Å². The number of carbonyl (C=O) groups excluding carboxylic acids is 3. The van der Waals surface area contributed by atoms with Crippen LogP contribution in [0.3, 0.4) is 0 Å². The Labute approximate surface area is 173 Å². The summed E-state index contributed by atoms with van der Waals surface area (Å²) in [5, 5.41) is 7.49. The second kappa shape index (κ2) is 8.03. The number of nitrogens with zero attached hydrogens (tertiary/aromatic N) is 1. The van der Waals surface area contributed by atoms with Crippen LogP contribution < -0.4 is 10.5 Å². The lowest BCUT2D eigenvalue weighted by atomic mass is 10.1. The fourth-order valence-electron chi connectivity index (χ4n) is 2.46. The quantitative estimate of drug-likeness (QED) is 0.672. The van der Waals surface area contributed by atoms with Gasteiger partial charge < -0.3 is 5.32 Å². The molecule has 28 heavy (non-hydrogen) atoms. The normalized spacial score (nSPS) is 14.4. The van der Waals surface area contributed by atoms with Gasteiger partial charge in [-0.05, 0) is 51.8 Å². The fraction of sp³-hybridized carbons (Fsp3) is 0.118. The maximum atomic E-state index is 12.5. The third-order valence-electron chi connectivity index (χ3n) is 3.90. The predicted octanol–water partition coefficient (Wildman–Crippen LogP) is 2.54. The molecule has 0 bridgehead atoms. The molecule has 0 unspecified atom stereocenters. The van der Waals surface area contributed by atoms with Gasteiger partial charge in [0, 0.05) is 10.2 Å². The van der Waals surface area contributed by atoms with Crippen LogP contribution in [-0.4, -0.2) is 36.1 Å². The molecule has 0 saturated carbocycles. The van der Waals surface area contributed by atoms with E-state index in [4.69, 9.17) is 5.14 Å². The van der Waals surface area contributed by atoms with Crippen molar-refractivity contribution in [2.45, 2.75) is 11.4 Å². The first-order valence-corrected chi connectivity index (χ1v) is 11.2. The lowest BCUT2D eigenvalue weighted by molar-refractivity contribution is -0.125. The molecule has 1 fully saturated rings. The van der Waals surface area contributed by atoms with Crippen molar-refractivity contribution in [2.75, 3.05) is 11.1 Å². The molecule has 3 amide bonds. The molecule has 146 valence electrons. The molecule has 0 aromatic heterocycles. The molecule has 11 heteroatoms. The zero-order chi connectivity index (χ0) is 20.5. The van der Waals surface area contributed by atoms with Crippen LogP contribution in [0.25, 0.3) is 0 Å². The van der Waals surface area contributed by atoms with Crippen LogP contribution >= 0.6 is 27.7 Å². The van der Waals surface area contributed by atoms with Crippen LogP contribution in [0.5, 0.6) is 0 Å². The van der Waals surface area contributed by atoms with Crippen molar-refractivity contribution in [3.63, 3.8) is 0 Å². The van der Waals surface area contributed by atoms with Crippen molar-refractivity contribution in [1.29, 1.82) is 0 Å². The van der Waals surface area contributed by atoms with Gasteiger partial charge in [-0.15, -0.1) is 0 Å². The van der Waals surface area contributed by atoms with Gasteiger partial charge in [0.15, 0.2) is 0 Å². The number of hydrogen-bond donors (Lipinski definition) is 2. The molecule has 0 atom stereocenters. The topological polar surface area (TPSA) is 127 Å². The SMILES string of the molecule is NS(=O)(=O)c1ccc(Br)c(C(=O)Nc2ccc(CN3C(=O)CSC3=O)cc2)c1. The van der Waals surface area contributed by atoms with E-state index in [0.717, 1.165) is 17.3 Å². The van der Waals surface area contributed by atoms with Gasteiger partial charge in [-0.25, -0.2) is 13.6 Å². The van der Waals surface area contributed by atoms with E-state index in [0.29, 0.717) is 10.2 Å². The van der Waals surface area contributed by atoms with Crippen molar-refractivity contribution >= 4 is 60.5 Å². The molecular formula is C17H14BrN3O5S2. The minimum Gasteiger partial charge on any atom is -0.322 e. The van der Waals surface area contributed by atoms with Gasteiger partial charge in [0.05, 0.1) is 22.8 Å². The molecule has 0 aliphatic carbocycles. The minimum atomic E-state index is -3.94. The third kappa shape index (κ3) is 4.61. The molecule has 0 radical (unpaired) electrons. The van der Waals surface area contributed by atoms with E-state index in [9.17, 15) is 22.8 Å². The predicted molar refractivity (Wildman–Crippen MR) is 108 cm³/mol. The number of hydrogen-bond acceptors (Lipinski definition) is 6. The Morgan fingerprint density at radius 1 is 1.18 bits per heavy atom. The molecule has 1 heterocycles. The van der Waals surface area contributed by atoms with Crippen LogP contribution in [0.2, 0.25) is 0 Å². The second-order valence-corrected chi connectivity index (χ2v) is 9.21. The van der Waals surface area contributed by atoms with Gasteiger partial charge in [0.25, 0.3) is 11.1 Å². The summed E-state index contributed by atoms with van der Waals surface area (Å²) in [6, 6.07) is 10.5. The van der Waals surface area contributed by atoms with Crippen LogP contribution in [0.4, 0.5) is 10.5 Å². The zero-order valence-corrected chi connectivity index (χ0v) is 17.4. The number of carbonyl (C=O) groups is 3. The van der Waals surface area contributed by atoms with Crippen LogP contribution in [-0.2, 0) is 21.4 Å². The van der Waals surface area contributed by atoms with Crippen LogP contribution in [0.1, 0.15) is 15.9 Å². The Hall–Kier alpha value is -2.21. The smallest absolute Gasteiger partial charge is 0.289 e. The first kappa shape index (κ1) is 20.5. The molecule has 3 rings (SSSR count). The maximum Gasteiger partial charge on any atom is 0.289 e. The van der Waals surface area contributed by atoms with E-state index >= 15 is 0 Å². The lowest BCUT2D eigenvalue weighted by Crippen LogP contribution is -2.27. The molecule has 2 aromatic rings. The number of benzene rings is 2. The first-order chi connectivity index (χ1) is 13.1. The maximum absolute atomic E-state index is 12.5. The lowest BCUT2D eigenvalue weighted by Gasteiger charge is -2.13. The Morgan fingerprint density at radius 3 is 2.43 bits per heavy atom. The number of sulfonamides is 1. The summed E-state index contributed by atoms with van der Waals surface area (Å²) < 4.78 is 23.4. The van der Waals surface area contributed by atoms with Crippen molar-refractivity contribution in [3.8, 4) is 0 Å². The summed E-state index contributed by atoms with van der Waals surface area (Å²) in [4.78, 5) is 36.8. The van der Waals surface area contributed by atoms with E-state index in [-0.39, 0.29) is 33.9 Å². The number of nitrogens with two attached hydrogens (primary N) is 1. The number of rotatable bonds is 5. The first-order valence-electron chi connectivity index (χ1n) is 7.85. The zero-order valence-electron chi connectivity index (χ0n) is 14.2. The van der Waals surface area contributed by atoms with Crippen molar-refractivity contribution in [2.24, 2.45) is 5.14 Å². The summed E-state index contributed by atoms with van der Waals surface area (Å²) in [5.74, 6) is -0.599. The number of primary sulfonamides is 1. The Balaban J connectivity index is 1.73. The van der Waals surface area contributed by atoms with E-state index in [1.807, 2.05) is 0 Å². The monoisotopic (exact) mass is 483 g/mol. The Kier molecular flexibility index (Phi) is 5.89. The standard InChI is InChI=1S/C17H14BrN3O5S2/c18-14-6-5-12(28(19,25)26)7-13(14)16(23)20-11-3-1-10(2-4-11)8-21-15(22)9-27-17(21)24/h1-7H,8-9H2,(H,20,23)(H2,19,25,26). The largest absolute Gasteiger partial charge is 0.322 e. The van der Waals surface area contributed by atoms with Gasteiger partial charge in [0.2, 0.25) is 15.9 Å². The van der Waals surface area contributed by atoms with E-state index in [1.54, 1.807) is 24.3 Å². The molecule has 1 saturated heterocycles. The van der Waals surface area contributed by atoms with Crippen molar-refractivity contribution in [1.82, 2.24) is 4.90 Å². The van der Waals surface area contributed by atoms with Gasteiger partial charge in [-0.2, -0.15) is 0 Å². The molecule has 3 N–H and O–H groups in total. The van der Waals surface area contributed by atoms with Gasteiger partial charge in [-0.3, -0.25) is 19.3 Å². The summed E-state index contributed by atoms with van der Waals surface area (Å²) >= 11 is 4.19. The second-order valence-electron chi connectivity index (χ2n) is 5.87. The average molecular weight is 484 g/mol. The van der Waals surface area contributed by atoms with Crippen molar-refractivity contribution < 1.29 is 22.8 Å². The molecule has 1 aliphatic heterocycles. The number of nitrogens with one attached hydrogen (secondary N) is 1. The summed E-state index contributed by atoms with van der Waals surface area (Å²) in [6.45, 7) is 0.168. The molecule has 0 spiro atoms. The summed E-state index contributed by atoms with van der Waals surface area (Å²) in [7, 11) is -3.94. The molecule has 2 aromatic carbocycles. The van der Waals surface area contributed by atoms with Gasteiger partial charge in [0.1, 0.15) is 0 Å². The number of thioether (sulfide) groups is 1. The highest BCUT2D eigenvalue weighted by molar-refractivity contribution is 9.10. The highest BCUT2D eigenvalue weighted by Gasteiger charge is 2.29. The van der Waals surface area contributed by atoms with E-state index in [2.05, 4.69) is 21.2 Å². The van der Waals surface area contributed by atoms with Crippen LogP contribution in [0.15, 0.2) is 51.8 Å². The highest BCUT2D eigenvalue weighted by Crippen LogP contribution is 2.24. The van der Waals surface area contributed by atoms with Crippen LogP contribution in [0, 0.1) is 0 Å². The minimum absolute atomic E-state index is 0.112. The highest BCUT2D eigenvalue weighted by atomic mass is 79.9. The average Bonchev–Trinajstić information content (AvgIpc) is 2.94. The number of imide groups is 1. The summed E-state index contributed by atoms with van der Waals surface area (Å²) in [6.07, 6.45) is 0. The number of amides is 3. The molecule has 8 nitrogen and oxygen atoms in total. The summed E-state index contributed by atoms with van der Waals surface area (Å²) in [5.41, 5.74) is 1.32.